The summed E-state index contributed by atoms with van der Waals surface area (Å²) >= 11 is 0. The number of hydrogen-bond acceptors (Lipinski definition) is 4. The predicted molar refractivity (Wildman–Crippen MR) is 89.0 cm³/mol. The van der Waals surface area contributed by atoms with Gasteiger partial charge in [0.05, 0.1) is 0 Å². The van der Waals surface area contributed by atoms with Gasteiger partial charge in [0, 0.05) is 31.0 Å². The molecule has 24 heavy (non-hydrogen) atoms. The minimum absolute atomic E-state index is 0.0116. The minimum Gasteiger partial charge on any atom is -0.338 e. The Bertz CT molecular complexity index is 830. The first-order valence-electron chi connectivity index (χ1n) is 8.00. The Morgan fingerprint density at radius 3 is 2.50 bits per heavy atom. The highest BCUT2D eigenvalue weighted by Gasteiger charge is 2.33. The fourth-order valence-corrected chi connectivity index (χ4v) is 3.00. The highest BCUT2D eigenvalue weighted by atomic mass is 16.5. The maximum Gasteiger partial charge on any atom is 0.257 e. The summed E-state index contributed by atoms with van der Waals surface area (Å²) in [5, 5.41) is 4.09. The van der Waals surface area contributed by atoms with Gasteiger partial charge in [-0.1, -0.05) is 53.7 Å². The van der Waals surface area contributed by atoms with Gasteiger partial charge in [-0.15, -0.1) is 0 Å². The van der Waals surface area contributed by atoms with Gasteiger partial charge < -0.3 is 9.42 Å². The first-order valence-corrected chi connectivity index (χ1v) is 8.00. The van der Waals surface area contributed by atoms with Crippen LogP contribution in [0.4, 0.5) is 0 Å². The molecule has 0 aliphatic carbocycles. The summed E-state index contributed by atoms with van der Waals surface area (Å²) < 4.78 is 5.36. The third-order valence-corrected chi connectivity index (χ3v) is 4.26. The lowest BCUT2D eigenvalue weighted by Gasteiger charge is -2.15. The fourth-order valence-electron chi connectivity index (χ4n) is 3.00. The summed E-state index contributed by atoms with van der Waals surface area (Å²) in [6.45, 7) is 1.25. The average Bonchev–Trinajstić information content (AvgIpc) is 3.24. The topological polar surface area (TPSA) is 59.2 Å². The molecule has 1 atom stereocenters. The number of aromatic nitrogens is 2. The molecule has 2 aromatic carbocycles. The Morgan fingerprint density at radius 1 is 1.04 bits per heavy atom. The van der Waals surface area contributed by atoms with E-state index in [1.54, 1.807) is 0 Å². The minimum atomic E-state index is -0.0116. The summed E-state index contributed by atoms with van der Waals surface area (Å²) in [6, 6.07) is 19.7. The molecule has 2 heterocycles. The molecule has 0 spiro atoms. The molecule has 0 saturated carbocycles. The largest absolute Gasteiger partial charge is 0.338 e. The highest BCUT2D eigenvalue weighted by Crippen LogP contribution is 2.29. The number of carbonyl (C=O) groups excluding carboxylic acids is 1. The second-order valence-corrected chi connectivity index (χ2v) is 5.98. The van der Waals surface area contributed by atoms with E-state index in [2.05, 4.69) is 10.1 Å². The molecule has 1 saturated heterocycles. The predicted octanol–water partition coefficient (Wildman–Crippen LogP) is 3.25. The van der Waals surface area contributed by atoms with E-state index >= 15 is 0 Å². The van der Waals surface area contributed by atoms with E-state index in [0.29, 0.717) is 31.2 Å². The molecule has 0 radical (unpaired) electrons. The summed E-state index contributed by atoms with van der Waals surface area (Å²) in [5.74, 6) is 1.23. The quantitative estimate of drug-likeness (QED) is 0.740. The van der Waals surface area contributed by atoms with Crippen molar-refractivity contribution in [1.29, 1.82) is 0 Å². The van der Waals surface area contributed by atoms with Crippen LogP contribution in [-0.4, -0.2) is 27.5 Å². The zero-order chi connectivity index (χ0) is 16.4. The molecule has 1 aliphatic heterocycles. The lowest BCUT2D eigenvalue weighted by molar-refractivity contribution is -0.128. The number of hydrogen-bond donors (Lipinski definition) is 0. The van der Waals surface area contributed by atoms with E-state index in [4.69, 9.17) is 4.52 Å². The Kier molecular flexibility index (Phi) is 3.83. The molecule has 1 aromatic heterocycles. The van der Waals surface area contributed by atoms with Crippen molar-refractivity contribution in [2.75, 3.05) is 6.54 Å². The van der Waals surface area contributed by atoms with Crippen molar-refractivity contribution in [2.24, 2.45) is 0 Å². The van der Waals surface area contributed by atoms with E-state index < -0.39 is 0 Å². The molecule has 5 heteroatoms. The third-order valence-electron chi connectivity index (χ3n) is 4.26. The highest BCUT2D eigenvalue weighted by molar-refractivity contribution is 5.79. The maximum atomic E-state index is 12.3. The summed E-state index contributed by atoms with van der Waals surface area (Å²) in [6.07, 6.45) is 0.431. The summed E-state index contributed by atoms with van der Waals surface area (Å²) in [4.78, 5) is 18.6. The van der Waals surface area contributed by atoms with Crippen LogP contribution < -0.4 is 0 Å². The van der Waals surface area contributed by atoms with Gasteiger partial charge in [0.1, 0.15) is 0 Å². The van der Waals surface area contributed by atoms with Crippen LogP contribution in [0.3, 0.4) is 0 Å². The molecule has 1 fully saturated rings. The standard InChI is InChI=1S/C19H17N3O2/c23-17-11-16(13-22(17)12-14-7-3-1-4-8-14)18-20-19(24-21-18)15-9-5-2-6-10-15/h1-10,16H,11-13H2/t16-/m1/s1. The Hall–Kier alpha value is -2.95. The van der Waals surface area contributed by atoms with Gasteiger partial charge in [-0.2, -0.15) is 4.98 Å². The van der Waals surface area contributed by atoms with Crippen LogP contribution in [-0.2, 0) is 11.3 Å². The Labute approximate surface area is 139 Å². The lowest BCUT2D eigenvalue weighted by atomic mass is 10.1. The second kappa shape index (κ2) is 6.28. The van der Waals surface area contributed by atoms with E-state index in [-0.39, 0.29) is 11.8 Å². The zero-order valence-corrected chi connectivity index (χ0v) is 13.1. The lowest BCUT2D eigenvalue weighted by Crippen LogP contribution is -2.24. The van der Waals surface area contributed by atoms with Crippen LogP contribution in [0.25, 0.3) is 11.5 Å². The Balaban J connectivity index is 1.48. The van der Waals surface area contributed by atoms with Gasteiger partial charge in [0.2, 0.25) is 5.91 Å². The van der Waals surface area contributed by atoms with Crippen molar-refractivity contribution in [1.82, 2.24) is 15.0 Å². The van der Waals surface area contributed by atoms with Crippen LogP contribution in [0.15, 0.2) is 65.2 Å². The molecule has 3 aromatic rings. The Morgan fingerprint density at radius 2 is 1.75 bits per heavy atom. The van der Waals surface area contributed by atoms with Crippen LogP contribution in [0.2, 0.25) is 0 Å². The fraction of sp³-hybridized carbons (Fsp3) is 0.211. The molecule has 120 valence electrons. The van der Waals surface area contributed by atoms with Gasteiger partial charge in [-0.25, -0.2) is 0 Å². The van der Waals surface area contributed by atoms with E-state index in [1.165, 1.54) is 0 Å². The van der Waals surface area contributed by atoms with Crippen LogP contribution in [0, 0.1) is 0 Å². The first kappa shape index (κ1) is 14.6. The van der Waals surface area contributed by atoms with E-state index in [1.807, 2.05) is 65.6 Å². The van der Waals surface area contributed by atoms with E-state index in [0.717, 1.165) is 11.1 Å². The van der Waals surface area contributed by atoms with Crippen molar-refractivity contribution in [3.05, 3.63) is 72.1 Å². The van der Waals surface area contributed by atoms with Crippen molar-refractivity contribution >= 4 is 5.91 Å². The third kappa shape index (κ3) is 2.93. The van der Waals surface area contributed by atoms with Crippen molar-refractivity contribution in [3.63, 3.8) is 0 Å². The molecule has 0 unspecified atom stereocenters. The van der Waals surface area contributed by atoms with Crippen molar-refractivity contribution < 1.29 is 9.32 Å². The molecule has 0 bridgehead atoms. The van der Waals surface area contributed by atoms with Gasteiger partial charge in [-0.3, -0.25) is 4.79 Å². The number of rotatable bonds is 4. The maximum absolute atomic E-state index is 12.3. The number of nitrogens with zero attached hydrogens (tertiary/aromatic N) is 3. The van der Waals surface area contributed by atoms with Crippen molar-refractivity contribution in [2.45, 2.75) is 18.9 Å². The second-order valence-electron chi connectivity index (χ2n) is 5.98. The first-order chi connectivity index (χ1) is 11.8. The molecule has 1 amide bonds. The smallest absolute Gasteiger partial charge is 0.257 e. The average molecular weight is 319 g/mol. The van der Waals surface area contributed by atoms with Gasteiger partial charge in [-0.05, 0) is 17.7 Å². The number of amides is 1. The number of benzene rings is 2. The molecule has 0 N–H and O–H groups in total. The number of likely N-dealkylation sites (tertiary alicyclic amines) is 1. The van der Waals surface area contributed by atoms with Crippen LogP contribution in [0.5, 0.6) is 0 Å². The normalized spacial score (nSPS) is 17.4. The molecule has 4 rings (SSSR count). The van der Waals surface area contributed by atoms with Crippen LogP contribution in [0.1, 0.15) is 23.7 Å². The van der Waals surface area contributed by atoms with Crippen LogP contribution >= 0.6 is 0 Å². The molecule has 1 aliphatic rings. The summed E-state index contributed by atoms with van der Waals surface area (Å²) in [5.41, 5.74) is 2.02. The van der Waals surface area contributed by atoms with Crippen molar-refractivity contribution in [3.8, 4) is 11.5 Å². The molecular formula is C19H17N3O2. The molecule has 5 nitrogen and oxygen atoms in total. The zero-order valence-electron chi connectivity index (χ0n) is 13.1. The van der Waals surface area contributed by atoms with Gasteiger partial charge in [0.25, 0.3) is 5.89 Å². The molecular weight excluding hydrogens is 302 g/mol. The SMILES string of the molecule is O=C1C[C@@H](c2noc(-c3ccccc3)n2)CN1Cc1ccccc1. The number of carbonyl (C=O) groups is 1. The van der Waals surface area contributed by atoms with Gasteiger partial charge in [0.15, 0.2) is 5.82 Å². The summed E-state index contributed by atoms with van der Waals surface area (Å²) in [7, 11) is 0. The van der Waals surface area contributed by atoms with E-state index in [9.17, 15) is 4.79 Å². The monoisotopic (exact) mass is 319 g/mol. The van der Waals surface area contributed by atoms with Gasteiger partial charge >= 0.3 is 0 Å².